The summed E-state index contributed by atoms with van der Waals surface area (Å²) in [4.78, 5) is 17.6. The Morgan fingerprint density at radius 2 is 1.87 bits per heavy atom. The summed E-state index contributed by atoms with van der Waals surface area (Å²) in [5.74, 6) is -1.16. The molecular formula is C24H26F4N6O4S. The van der Waals surface area contributed by atoms with Crippen molar-refractivity contribution in [3.05, 3.63) is 64.4 Å². The van der Waals surface area contributed by atoms with Crippen LogP contribution in [0.4, 0.5) is 23.2 Å². The van der Waals surface area contributed by atoms with Crippen LogP contribution >= 0.6 is 0 Å². The number of pyridine rings is 1. The number of fused-ring (bicyclic) bond motifs is 1. The highest BCUT2D eigenvalue weighted by molar-refractivity contribution is 7.90. The molecule has 0 radical (unpaired) electrons. The molecule has 3 heterocycles. The summed E-state index contributed by atoms with van der Waals surface area (Å²) in [5, 5.41) is 7.53. The second-order valence-corrected chi connectivity index (χ2v) is 10.7. The molecule has 0 bridgehead atoms. The van der Waals surface area contributed by atoms with Gasteiger partial charge in [-0.2, -0.15) is 21.6 Å². The topological polar surface area (TPSA) is 109 Å². The standard InChI is InChI=1S/C24H26F4N6O4S/c1-5-18-21(32-13-15(3)14(2)10-20(32)30-18)22(35)29-12-16-6-7-19(17(25)11-16)33-8-9-34(23(31-33)38-4)39(36,37)24(26,27)28/h6-7,10-11,13H,5,8-9,12H2,1-4H3,(H,29,35). The van der Waals surface area contributed by atoms with Crippen molar-refractivity contribution in [1.82, 2.24) is 19.0 Å². The molecule has 15 heteroatoms. The van der Waals surface area contributed by atoms with Gasteiger partial charge in [0.25, 0.3) is 5.91 Å². The molecule has 0 saturated heterocycles. The van der Waals surface area contributed by atoms with Gasteiger partial charge in [-0.1, -0.05) is 13.0 Å². The molecule has 210 valence electrons. The van der Waals surface area contributed by atoms with E-state index in [1.165, 1.54) is 12.1 Å². The van der Waals surface area contributed by atoms with Crippen molar-refractivity contribution in [3.63, 3.8) is 0 Å². The maximum atomic E-state index is 15.0. The number of carbonyl (C=O) groups is 1. The van der Waals surface area contributed by atoms with Crippen LogP contribution in [0, 0.1) is 19.7 Å². The van der Waals surface area contributed by atoms with E-state index in [0.29, 0.717) is 29.0 Å². The number of amides is 1. The predicted octanol–water partition coefficient (Wildman–Crippen LogP) is 3.47. The molecule has 10 nitrogen and oxygen atoms in total. The van der Waals surface area contributed by atoms with Crippen LogP contribution in [0.25, 0.3) is 5.65 Å². The lowest BCUT2D eigenvalue weighted by molar-refractivity contribution is -0.0477. The SMILES string of the molecule is CCc1nc2cc(C)c(C)cn2c1C(=O)NCc1ccc(N2CCN(S(=O)(=O)C(F)(F)F)C(OC)=N2)c(F)c1. The monoisotopic (exact) mass is 570 g/mol. The average Bonchev–Trinajstić information content (AvgIpc) is 3.23. The van der Waals surface area contributed by atoms with E-state index in [9.17, 15) is 26.4 Å². The summed E-state index contributed by atoms with van der Waals surface area (Å²) in [7, 11) is -4.77. The number of anilines is 1. The number of nitrogens with zero attached hydrogens (tertiary/aromatic N) is 5. The molecule has 1 aromatic carbocycles. The van der Waals surface area contributed by atoms with E-state index in [1.807, 2.05) is 33.0 Å². The summed E-state index contributed by atoms with van der Waals surface area (Å²) in [6.45, 7) is 4.75. The number of imidazole rings is 1. The van der Waals surface area contributed by atoms with Gasteiger partial charge in [0.05, 0.1) is 31.6 Å². The molecule has 39 heavy (non-hydrogen) atoms. The maximum Gasteiger partial charge on any atom is 0.516 e. The molecular weight excluding hydrogens is 544 g/mol. The number of nitrogens with one attached hydrogen (secondary N) is 1. The van der Waals surface area contributed by atoms with E-state index in [0.717, 1.165) is 29.3 Å². The molecule has 0 atom stereocenters. The first kappa shape index (κ1) is 28.1. The zero-order chi connectivity index (χ0) is 28.7. The van der Waals surface area contributed by atoms with Gasteiger partial charge in [0.2, 0.25) is 0 Å². The van der Waals surface area contributed by atoms with Crippen LogP contribution in [0.1, 0.15) is 39.8 Å². The van der Waals surface area contributed by atoms with Gasteiger partial charge in [0, 0.05) is 12.7 Å². The Morgan fingerprint density at radius 3 is 2.49 bits per heavy atom. The van der Waals surface area contributed by atoms with Gasteiger partial charge in [-0.05, 0) is 55.2 Å². The summed E-state index contributed by atoms with van der Waals surface area (Å²) >= 11 is 0. The Labute approximate surface area is 221 Å². The summed E-state index contributed by atoms with van der Waals surface area (Å²) in [5.41, 5.74) is -1.55. The quantitative estimate of drug-likeness (QED) is 0.455. The first-order valence-electron chi connectivity index (χ1n) is 11.8. The van der Waals surface area contributed by atoms with Crippen molar-refractivity contribution < 1.29 is 35.5 Å². The van der Waals surface area contributed by atoms with E-state index in [2.05, 4.69) is 15.4 Å². The third-order valence-electron chi connectivity index (χ3n) is 6.29. The Kier molecular flexibility index (Phi) is 7.47. The van der Waals surface area contributed by atoms with Crippen molar-refractivity contribution >= 4 is 33.3 Å². The van der Waals surface area contributed by atoms with Crippen molar-refractivity contribution in [1.29, 1.82) is 0 Å². The normalized spacial score (nSPS) is 14.5. The molecule has 0 saturated carbocycles. The molecule has 0 spiro atoms. The predicted molar refractivity (Wildman–Crippen MR) is 135 cm³/mol. The van der Waals surface area contributed by atoms with E-state index >= 15 is 4.39 Å². The summed E-state index contributed by atoms with van der Waals surface area (Å²) in [6, 6.07) is 5.05. The summed E-state index contributed by atoms with van der Waals surface area (Å²) in [6.07, 6.45) is 2.38. The van der Waals surface area contributed by atoms with Gasteiger partial charge < -0.3 is 10.1 Å². The van der Waals surface area contributed by atoms with E-state index in [1.54, 1.807) is 4.40 Å². The molecule has 2 aromatic heterocycles. The van der Waals surface area contributed by atoms with Crippen LogP contribution in [0.2, 0.25) is 0 Å². The fourth-order valence-corrected chi connectivity index (χ4v) is 4.99. The highest BCUT2D eigenvalue weighted by Crippen LogP contribution is 2.30. The van der Waals surface area contributed by atoms with Gasteiger partial charge in [0.1, 0.15) is 17.2 Å². The second-order valence-electron chi connectivity index (χ2n) is 8.83. The lowest BCUT2D eigenvalue weighted by Crippen LogP contribution is -2.51. The molecule has 1 amide bonds. The van der Waals surface area contributed by atoms with Crippen molar-refractivity contribution in [2.75, 3.05) is 25.2 Å². The smallest absolute Gasteiger partial charge is 0.467 e. The third kappa shape index (κ3) is 5.22. The van der Waals surface area contributed by atoms with Gasteiger partial charge in [-0.15, -0.1) is 5.10 Å². The number of halogens is 4. The van der Waals surface area contributed by atoms with Gasteiger partial charge >= 0.3 is 21.6 Å². The third-order valence-corrected chi connectivity index (χ3v) is 7.80. The van der Waals surface area contributed by atoms with Crippen LogP contribution in [0.5, 0.6) is 0 Å². The van der Waals surface area contributed by atoms with Crippen LogP contribution in [-0.2, 0) is 27.7 Å². The largest absolute Gasteiger partial charge is 0.516 e. The fraction of sp³-hybridized carbons (Fsp3) is 0.375. The number of hydrazone groups is 1. The number of hydrogen-bond acceptors (Lipinski definition) is 7. The minimum Gasteiger partial charge on any atom is -0.467 e. The van der Waals surface area contributed by atoms with E-state index in [-0.39, 0.29) is 29.0 Å². The Balaban J connectivity index is 1.52. The second kappa shape index (κ2) is 10.4. The summed E-state index contributed by atoms with van der Waals surface area (Å²) < 4.78 is 84.0. The molecule has 0 fully saturated rings. The molecule has 0 aliphatic carbocycles. The maximum absolute atomic E-state index is 15.0. The number of sulfonamides is 1. The first-order valence-corrected chi connectivity index (χ1v) is 13.3. The number of carbonyl (C=O) groups excluding carboxylic acids is 1. The number of ether oxygens (including phenoxy) is 1. The Bertz CT molecular complexity index is 1570. The van der Waals surface area contributed by atoms with Crippen molar-refractivity contribution in [2.45, 2.75) is 39.2 Å². The van der Waals surface area contributed by atoms with E-state index in [4.69, 9.17) is 4.74 Å². The molecule has 4 rings (SSSR count). The van der Waals surface area contributed by atoms with Gasteiger partial charge in [-0.25, -0.2) is 13.7 Å². The first-order chi connectivity index (χ1) is 18.3. The van der Waals surface area contributed by atoms with Crippen LogP contribution in [0.15, 0.2) is 35.6 Å². The highest BCUT2D eigenvalue weighted by Gasteiger charge is 2.52. The number of aryl methyl sites for hydroxylation is 3. The number of benzene rings is 1. The Hall–Kier alpha value is -3.88. The number of hydrogen-bond donors (Lipinski definition) is 1. The zero-order valence-electron chi connectivity index (χ0n) is 21.5. The van der Waals surface area contributed by atoms with Gasteiger partial charge in [-0.3, -0.25) is 14.2 Å². The van der Waals surface area contributed by atoms with Crippen molar-refractivity contribution in [3.8, 4) is 0 Å². The average molecular weight is 571 g/mol. The van der Waals surface area contributed by atoms with Crippen LogP contribution in [0.3, 0.4) is 0 Å². The number of rotatable bonds is 6. The molecule has 3 aromatic rings. The van der Waals surface area contributed by atoms with E-state index < -0.39 is 33.9 Å². The molecule has 1 aliphatic heterocycles. The zero-order valence-corrected chi connectivity index (χ0v) is 22.3. The lowest BCUT2D eigenvalue weighted by atomic mass is 10.1. The highest BCUT2D eigenvalue weighted by atomic mass is 32.2. The Morgan fingerprint density at radius 1 is 1.15 bits per heavy atom. The number of aromatic nitrogens is 2. The molecule has 1 N–H and O–H groups in total. The van der Waals surface area contributed by atoms with Crippen molar-refractivity contribution in [2.24, 2.45) is 5.10 Å². The lowest BCUT2D eigenvalue weighted by Gasteiger charge is -2.32. The molecule has 1 aliphatic rings. The minimum absolute atomic E-state index is 0.0124. The minimum atomic E-state index is -5.73. The van der Waals surface area contributed by atoms with Gasteiger partial charge in [0.15, 0.2) is 0 Å². The fourth-order valence-electron chi connectivity index (χ4n) is 4.11. The number of alkyl halides is 3. The van der Waals surface area contributed by atoms with Crippen LogP contribution in [-0.4, -0.2) is 59.7 Å². The van der Waals surface area contributed by atoms with Crippen LogP contribution < -0.4 is 10.3 Å². The number of methoxy groups -OCH3 is 1. The number of amidine groups is 1. The molecule has 0 unspecified atom stereocenters.